The predicted octanol–water partition coefficient (Wildman–Crippen LogP) is 3.17. The number of nitrogens with zero attached hydrogens (tertiary/aromatic N) is 2. The summed E-state index contributed by atoms with van der Waals surface area (Å²) in [6.07, 6.45) is 8.01. The number of likely N-dealkylation sites (tertiary alicyclic amines) is 1. The molecule has 1 saturated heterocycles. The number of hydrogen-bond donors (Lipinski definition) is 1. The Labute approximate surface area is 124 Å². The van der Waals surface area contributed by atoms with E-state index in [-0.39, 0.29) is 0 Å². The summed E-state index contributed by atoms with van der Waals surface area (Å²) in [5.41, 5.74) is 0.387. The van der Waals surface area contributed by atoms with E-state index in [2.05, 4.69) is 37.1 Å². The Balaban J connectivity index is 1.91. The van der Waals surface area contributed by atoms with E-state index in [0.717, 1.165) is 25.0 Å². The minimum atomic E-state index is 0.387. The second kappa shape index (κ2) is 6.91. The first kappa shape index (κ1) is 15.8. The van der Waals surface area contributed by atoms with Crippen molar-refractivity contribution >= 4 is 0 Å². The minimum Gasteiger partial charge on any atom is -0.310 e. The lowest BCUT2D eigenvalue weighted by Crippen LogP contribution is -2.52. The molecule has 2 rings (SSSR count). The summed E-state index contributed by atoms with van der Waals surface area (Å²) in [6.45, 7) is 9.74. The Morgan fingerprint density at radius 2 is 1.85 bits per heavy atom. The maximum Gasteiger partial charge on any atom is 0.0866 e. The molecule has 2 atom stereocenters. The molecule has 0 radical (unpaired) electrons. The molecule has 0 bridgehead atoms. The molecule has 2 aliphatic rings. The number of rotatable bonds is 4. The lowest BCUT2D eigenvalue weighted by Gasteiger charge is -2.40. The van der Waals surface area contributed by atoms with Crippen molar-refractivity contribution < 1.29 is 0 Å². The normalized spacial score (nSPS) is 29.5. The van der Waals surface area contributed by atoms with Gasteiger partial charge < -0.3 is 5.32 Å². The van der Waals surface area contributed by atoms with E-state index in [1.165, 1.54) is 38.5 Å². The fourth-order valence-corrected chi connectivity index (χ4v) is 4.09. The summed E-state index contributed by atoms with van der Waals surface area (Å²) < 4.78 is 0. The molecule has 0 aromatic heterocycles. The van der Waals surface area contributed by atoms with Crippen LogP contribution in [0, 0.1) is 22.7 Å². The summed E-state index contributed by atoms with van der Waals surface area (Å²) in [4.78, 5) is 2.35. The third-order valence-electron chi connectivity index (χ3n) is 4.63. The van der Waals surface area contributed by atoms with Crippen LogP contribution < -0.4 is 5.32 Å². The molecule has 0 spiro atoms. The number of hydrogen-bond acceptors (Lipinski definition) is 3. The van der Waals surface area contributed by atoms with Gasteiger partial charge in [0.15, 0.2) is 0 Å². The molecule has 3 heteroatoms. The average Bonchev–Trinajstić information content (AvgIpc) is 2.79. The van der Waals surface area contributed by atoms with Crippen molar-refractivity contribution in [3.63, 3.8) is 0 Å². The van der Waals surface area contributed by atoms with Gasteiger partial charge in [0.1, 0.15) is 0 Å². The van der Waals surface area contributed by atoms with Gasteiger partial charge in [0, 0.05) is 25.2 Å². The van der Waals surface area contributed by atoms with Crippen LogP contribution in [-0.2, 0) is 0 Å². The lowest BCUT2D eigenvalue weighted by atomic mass is 9.80. The number of piperidine rings is 1. The van der Waals surface area contributed by atoms with Crippen LogP contribution in [0.3, 0.4) is 0 Å². The number of nitrogens with one attached hydrogen (secondary N) is 1. The number of nitriles is 1. The molecule has 1 heterocycles. The Morgan fingerprint density at radius 3 is 2.45 bits per heavy atom. The summed E-state index contributed by atoms with van der Waals surface area (Å²) in [7, 11) is 0. The van der Waals surface area contributed by atoms with Gasteiger partial charge in [-0.1, -0.05) is 33.6 Å². The molecule has 0 amide bonds. The van der Waals surface area contributed by atoms with Crippen molar-refractivity contribution in [3.05, 3.63) is 0 Å². The molecular formula is C17H31N3. The Hall–Kier alpha value is -0.590. The SMILES string of the molecule is CC(C)(C)CC1CC(NC2CCCC2)CN(CC#N)C1. The van der Waals surface area contributed by atoms with E-state index in [0.29, 0.717) is 18.0 Å². The largest absolute Gasteiger partial charge is 0.310 e. The fourth-order valence-electron chi connectivity index (χ4n) is 4.09. The molecule has 0 aromatic rings. The zero-order valence-corrected chi connectivity index (χ0v) is 13.5. The van der Waals surface area contributed by atoms with Crippen LogP contribution in [0.2, 0.25) is 0 Å². The minimum absolute atomic E-state index is 0.387. The van der Waals surface area contributed by atoms with Crippen molar-refractivity contribution in [2.24, 2.45) is 11.3 Å². The van der Waals surface area contributed by atoms with E-state index in [1.54, 1.807) is 0 Å². The highest BCUT2D eigenvalue weighted by atomic mass is 15.2. The van der Waals surface area contributed by atoms with Gasteiger partial charge in [0.2, 0.25) is 0 Å². The topological polar surface area (TPSA) is 39.1 Å². The summed E-state index contributed by atoms with van der Waals surface area (Å²) in [5.74, 6) is 0.732. The molecule has 2 unspecified atom stereocenters. The van der Waals surface area contributed by atoms with E-state index in [1.807, 2.05) is 0 Å². The standard InChI is InChI=1S/C17H31N3/c1-17(2,3)11-14-10-16(13-20(12-14)9-8-18)19-15-6-4-5-7-15/h14-16,19H,4-7,9-13H2,1-3H3. The maximum atomic E-state index is 9.00. The molecule has 1 N–H and O–H groups in total. The third kappa shape index (κ3) is 5.07. The Kier molecular flexibility index (Phi) is 5.46. The average molecular weight is 277 g/mol. The predicted molar refractivity (Wildman–Crippen MR) is 83.4 cm³/mol. The van der Waals surface area contributed by atoms with E-state index in [9.17, 15) is 0 Å². The van der Waals surface area contributed by atoms with E-state index in [4.69, 9.17) is 5.26 Å². The van der Waals surface area contributed by atoms with Gasteiger partial charge in [-0.05, 0) is 37.0 Å². The van der Waals surface area contributed by atoms with Crippen molar-refractivity contribution in [1.82, 2.24) is 10.2 Å². The van der Waals surface area contributed by atoms with Gasteiger partial charge in [-0.3, -0.25) is 4.90 Å². The zero-order chi connectivity index (χ0) is 14.6. The van der Waals surface area contributed by atoms with E-state index >= 15 is 0 Å². The maximum absolute atomic E-state index is 9.00. The molecule has 2 fully saturated rings. The monoisotopic (exact) mass is 277 g/mol. The van der Waals surface area contributed by atoms with Crippen molar-refractivity contribution in [3.8, 4) is 6.07 Å². The first-order valence-corrected chi connectivity index (χ1v) is 8.31. The van der Waals surface area contributed by atoms with Crippen LogP contribution in [0.15, 0.2) is 0 Å². The molecule has 1 aliphatic carbocycles. The highest BCUT2D eigenvalue weighted by Crippen LogP contribution is 2.31. The zero-order valence-electron chi connectivity index (χ0n) is 13.5. The van der Waals surface area contributed by atoms with Gasteiger partial charge in [-0.15, -0.1) is 0 Å². The lowest BCUT2D eigenvalue weighted by molar-refractivity contribution is 0.120. The molecule has 20 heavy (non-hydrogen) atoms. The first-order chi connectivity index (χ1) is 9.46. The van der Waals surface area contributed by atoms with Crippen LogP contribution in [-0.4, -0.2) is 36.6 Å². The molecule has 3 nitrogen and oxygen atoms in total. The smallest absolute Gasteiger partial charge is 0.0866 e. The van der Waals surface area contributed by atoms with Gasteiger partial charge >= 0.3 is 0 Å². The van der Waals surface area contributed by atoms with Crippen LogP contribution in [0.25, 0.3) is 0 Å². The van der Waals surface area contributed by atoms with Gasteiger partial charge in [0.25, 0.3) is 0 Å². The quantitative estimate of drug-likeness (QED) is 0.802. The highest BCUT2D eigenvalue weighted by molar-refractivity contribution is 4.91. The van der Waals surface area contributed by atoms with Crippen LogP contribution in [0.4, 0.5) is 0 Å². The summed E-state index contributed by atoms with van der Waals surface area (Å²) >= 11 is 0. The second-order valence-corrected chi connectivity index (χ2v) is 8.06. The summed E-state index contributed by atoms with van der Waals surface area (Å²) in [6, 6.07) is 3.66. The summed E-state index contributed by atoms with van der Waals surface area (Å²) in [5, 5.41) is 12.9. The molecule has 1 saturated carbocycles. The van der Waals surface area contributed by atoms with Gasteiger partial charge in [-0.2, -0.15) is 5.26 Å². The van der Waals surface area contributed by atoms with Gasteiger partial charge in [-0.25, -0.2) is 0 Å². The van der Waals surface area contributed by atoms with Crippen LogP contribution in [0.1, 0.15) is 59.3 Å². The molecule has 1 aliphatic heterocycles. The Morgan fingerprint density at radius 1 is 1.15 bits per heavy atom. The third-order valence-corrected chi connectivity index (χ3v) is 4.63. The van der Waals surface area contributed by atoms with Crippen molar-refractivity contribution in [2.45, 2.75) is 71.4 Å². The highest BCUT2D eigenvalue weighted by Gasteiger charge is 2.31. The van der Waals surface area contributed by atoms with E-state index < -0.39 is 0 Å². The fraction of sp³-hybridized carbons (Fsp3) is 0.941. The van der Waals surface area contributed by atoms with Crippen LogP contribution >= 0.6 is 0 Å². The van der Waals surface area contributed by atoms with Crippen molar-refractivity contribution in [1.29, 1.82) is 5.26 Å². The molecule has 0 aromatic carbocycles. The molecular weight excluding hydrogens is 246 g/mol. The van der Waals surface area contributed by atoms with Crippen molar-refractivity contribution in [2.75, 3.05) is 19.6 Å². The first-order valence-electron chi connectivity index (χ1n) is 8.31. The second-order valence-electron chi connectivity index (χ2n) is 8.06. The Bertz CT molecular complexity index is 333. The van der Waals surface area contributed by atoms with Crippen LogP contribution in [0.5, 0.6) is 0 Å². The molecule has 114 valence electrons. The van der Waals surface area contributed by atoms with Gasteiger partial charge in [0.05, 0.1) is 12.6 Å².